The molecule has 0 aromatic carbocycles. The number of Topliss-reactive ketones (excluding diaryl/α,β-unsaturated/α-hetero) is 1. The number of methoxy groups -OCH3 is 1. The van der Waals surface area contributed by atoms with Crippen molar-refractivity contribution in [2.24, 2.45) is 5.92 Å². The van der Waals surface area contributed by atoms with Crippen molar-refractivity contribution in [3.63, 3.8) is 0 Å². The van der Waals surface area contributed by atoms with E-state index in [4.69, 9.17) is 4.74 Å². The summed E-state index contributed by atoms with van der Waals surface area (Å²) in [4.78, 5) is 32.4. The van der Waals surface area contributed by atoms with Crippen LogP contribution in [-0.4, -0.2) is 41.6 Å². The number of ether oxygens (including phenoxy) is 2. The largest absolute Gasteiger partial charge is 0.481 e. The van der Waals surface area contributed by atoms with Crippen molar-refractivity contribution < 1.29 is 32.2 Å². The van der Waals surface area contributed by atoms with E-state index in [1.165, 1.54) is 31.5 Å². The fourth-order valence-electron chi connectivity index (χ4n) is 2.72. The molecule has 1 amide bonds. The molecule has 2 heterocycles. The Morgan fingerprint density at radius 3 is 2.67 bits per heavy atom. The highest BCUT2D eigenvalue weighted by Gasteiger charge is 2.30. The van der Waals surface area contributed by atoms with Crippen molar-refractivity contribution in [1.82, 2.24) is 15.3 Å². The van der Waals surface area contributed by atoms with Crippen LogP contribution in [-0.2, 0) is 17.8 Å². The number of carbonyl (C=O) groups is 2. The van der Waals surface area contributed by atoms with E-state index in [9.17, 15) is 22.8 Å². The molecule has 1 fully saturated rings. The first-order valence-electron chi connectivity index (χ1n) is 9.24. The lowest BCUT2D eigenvalue weighted by Gasteiger charge is -2.12. The zero-order valence-electron chi connectivity index (χ0n) is 16.2. The number of hydrogen-bond acceptors (Lipinski definition) is 6. The van der Waals surface area contributed by atoms with Crippen molar-refractivity contribution in [1.29, 1.82) is 0 Å². The molecule has 0 radical (unpaired) electrons. The van der Waals surface area contributed by atoms with E-state index < -0.39 is 18.7 Å². The van der Waals surface area contributed by atoms with Crippen LogP contribution in [0, 0.1) is 5.92 Å². The molecule has 0 spiro atoms. The van der Waals surface area contributed by atoms with Gasteiger partial charge in [-0.25, -0.2) is 0 Å². The molecule has 2 aromatic heterocycles. The molecule has 1 aliphatic carbocycles. The number of halogens is 3. The minimum atomic E-state index is -4.48. The number of hydrogen-bond donors (Lipinski definition) is 1. The highest BCUT2D eigenvalue weighted by atomic mass is 19.4. The van der Waals surface area contributed by atoms with Crippen LogP contribution in [0.15, 0.2) is 30.5 Å². The molecule has 1 N–H and O–H groups in total. The van der Waals surface area contributed by atoms with Crippen LogP contribution in [0.3, 0.4) is 0 Å². The van der Waals surface area contributed by atoms with Gasteiger partial charge in [-0.2, -0.15) is 18.2 Å². The Morgan fingerprint density at radius 1 is 1.23 bits per heavy atom. The van der Waals surface area contributed by atoms with E-state index in [1.807, 2.05) is 0 Å². The second-order valence-corrected chi connectivity index (χ2v) is 6.86. The zero-order valence-corrected chi connectivity index (χ0v) is 16.2. The number of ketones is 1. The van der Waals surface area contributed by atoms with Crippen LogP contribution < -0.4 is 14.8 Å². The Morgan fingerprint density at radius 2 is 2.00 bits per heavy atom. The summed E-state index contributed by atoms with van der Waals surface area (Å²) in [6.45, 7) is -1.43. The predicted octanol–water partition coefficient (Wildman–Crippen LogP) is 2.88. The Kier molecular flexibility index (Phi) is 6.53. The SMILES string of the molecule is COc1nc(OCC(F)(F)F)ccc1CNC(=O)c1ccnc(CC(=O)C2CC2)c1. The van der Waals surface area contributed by atoms with Gasteiger partial charge < -0.3 is 14.8 Å². The minimum absolute atomic E-state index is 0.0349. The Labute approximate surface area is 170 Å². The molecule has 10 heteroatoms. The van der Waals surface area contributed by atoms with Gasteiger partial charge in [-0.1, -0.05) is 0 Å². The number of carbonyl (C=O) groups excluding carboxylic acids is 2. The lowest BCUT2D eigenvalue weighted by atomic mass is 10.1. The number of pyridine rings is 2. The number of aromatic nitrogens is 2. The molecule has 1 aliphatic rings. The van der Waals surface area contributed by atoms with E-state index in [0.717, 1.165) is 12.8 Å². The van der Waals surface area contributed by atoms with E-state index in [1.54, 1.807) is 6.07 Å². The molecule has 30 heavy (non-hydrogen) atoms. The van der Waals surface area contributed by atoms with Gasteiger partial charge in [0.15, 0.2) is 6.61 Å². The predicted molar refractivity (Wildman–Crippen MR) is 99.2 cm³/mol. The van der Waals surface area contributed by atoms with E-state index in [-0.39, 0.29) is 36.4 Å². The zero-order chi connectivity index (χ0) is 21.7. The third kappa shape index (κ3) is 6.16. The summed E-state index contributed by atoms with van der Waals surface area (Å²) in [6.07, 6.45) is -0.986. The Balaban J connectivity index is 1.60. The van der Waals surface area contributed by atoms with Gasteiger partial charge in [-0.05, 0) is 31.0 Å². The first kappa shape index (κ1) is 21.5. The quantitative estimate of drug-likeness (QED) is 0.667. The fraction of sp³-hybridized carbons (Fsp3) is 0.400. The fourth-order valence-corrected chi connectivity index (χ4v) is 2.72. The molecular weight excluding hydrogens is 403 g/mol. The molecule has 1 saturated carbocycles. The minimum Gasteiger partial charge on any atom is -0.481 e. The normalized spacial score (nSPS) is 13.6. The van der Waals surface area contributed by atoms with Crippen LogP contribution in [0.1, 0.15) is 34.5 Å². The van der Waals surface area contributed by atoms with Gasteiger partial charge in [0, 0.05) is 48.0 Å². The molecule has 0 aliphatic heterocycles. The molecule has 0 bridgehead atoms. The highest BCUT2D eigenvalue weighted by Crippen LogP contribution is 2.30. The number of amides is 1. The van der Waals surface area contributed by atoms with Crippen molar-refractivity contribution in [2.45, 2.75) is 32.0 Å². The average molecular weight is 423 g/mol. The molecule has 7 nitrogen and oxygen atoms in total. The maximum Gasteiger partial charge on any atom is 0.422 e. The van der Waals surface area contributed by atoms with E-state index in [2.05, 4.69) is 20.0 Å². The standard InChI is InChI=1S/C20H20F3N3O4/c1-29-19-14(4-5-17(26-19)30-11-20(21,22)23)10-25-18(28)13-6-7-24-15(8-13)9-16(27)12-2-3-12/h4-8,12H,2-3,9-11H2,1H3,(H,25,28). The van der Waals surface area contributed by atoms with E-state index in [0.29, 0.717) is 16.8 Å². The number of rotatable bonds is 9. The van der Waals surface area contributed by atoms with Gasteiger partial charge in [-0.3, -0.25) is 14.6 Å². The maximum absolute atomic E-state index is 12.4. The number of alkyl halides is 3. The molecular formula is C20H20F3N3O4. The Hall–Kier alpha value is -3.17. The van der Waals surface area contributed by atoms with Gasteiger partial charge in [0.25, 0.3) is 5.91 Å². The molecule has 160 valence electrons. The molecule has 3 rings (SSSR count). The van der Waals surface area contributed by atoms with Crippen LogP contribution in [0.25, 0.3) is 0 Å². The monoisotopic (exact) mass is 423 g/mol. The second kappa shape index (κ2) is 9.10. The lowest BCUT2D eigenvalue weighted by molar-refractivity contribution is -0.154. The summed E-state index contributed by atoms with van der Waals surface area (Å²) in [5, 5.41) is 2.69. The molecule has 0 atom stereocenters. The lowest BCUT2D eigenvalue weighted by Crippen LogP contribution is -2.24. The third-order valence-electron chi connectivity index (χ3n) is 4.40. The van der Waals surface area contributed by atoms with Crippen molar-refractivity contribution in [3.8, 4) is 11.8 Å². The topological polar surface area (TPSA) is 90.4 Å². The maximum atomic E-state index is 12.4. The third-order valence-corrected chi connectivity index (χ3v) is 4.40. The van der Waals surface area contributed by atoms with Crippen molar-refractivity contribution in [3.05, 3.63) is 47.3 Å². The molecule has 0 saturated heterocycles. The summed E-state index contributed by atoms with van der Waals surface area (Å²) in [5.74, 6) is -0.341. The highest BCUT2D eigenvalue weighted by molar-refractivity contribution is 5.94. The summed E-state index contributed by atoms with van der Waals surface area (Å²) in [5.41, 5.74) is 1.34. The first-order valence-corrected chi connectivity index (χ1v) is 9.24. The van der Waals surface area contributed by atoms with Crippen LogP contribution in [0.5, 0.6) is 11.8 Å². The van der Waals surface area contributed by atoms with Gasteiger partial charge in [0.1, 0.15) is 5.78 Å². The van der Waals surface area contributed by atoms with E-state index >= 15 is 0 Å². The van der Waals surface area contributed by atoms with Gasteiger partial charge in [-0.15, -0.1) is 0 Å². The number of nitrogens with one attached hydrogen (secondary N) is 1. The second-order valence-electron chi connectivity index (χ2n) is 6.86. The summed E-state index contributed by atoms with van der Waals surface area (Å²) < 4.78 is 46.4. The summed E-state index contributed by atoms with van der Waals surface area (Å²) in [6, 6.07) is 5.83. The molecule has 2 aromatic rings. The van der Waals surface area contributed by atoms with Gasteiger partial charge in [0.05, 0.1) is 7.11 Å². The first-order chi connectivity index (χ1) is 14.2. The average Bonchev–Trinajstić information content (AvgIpc) is 3.56. The summed E-state index contributed by atoms with van der Waals surface area (Å²) in [7, 11) is 1.31. The van der Waals surface area contributed by atoms with Crippen molar-refractivity contribution in [2.75, 3.05) is 13.7 Å². The van der Waals surface area contributed by atoms with Crippen molar-refractivity contribution >= 4 is 11.7 Å². The van der Waals surface area contributed by atoms with Gasteiger partial charge >= 0.3 is 6.18 Å². The number of nitrogens with zero attached hydrogens (tertiary/aromatic N) is 2. The summed E-state index contributed by atoms with van der Waals surface area (Å²) >= 11 is 0. The Bertz CT molecular complexity index is 930. The molecule has 0 unspecified atom stereocenters. The van der Waals surface area contributed by atoms with Gasteiger partial charge in [0.2, 0.25) is 11.8 Å². The smallest absolute Gasteiger partial charge is 0.422 e. The van der Waals surface area contributed by atoms with Crippen LogP contribution in [0.4, 0.5) is 13.2 Å². The van der Waals surface area contributed by atoms with Crippen LogP contribution >= 0.6 is 0 Å². The van der Waals surface area contributed by atoms with Crippen LogP contribution in [0.2, 0.25) is 0 Å².